The van der Waals surface area contributed by atoms with Gasteiger partial charge in [0.1, 0.15) is 11.6 Å². The first-order valence-electron chi connectivity index (χ1n) is 8.59. The van der Waals surface area contributed by atoms with Crippen molar-refractivity contribution in [1.82, 2.24) is 20.2 Å². The molecule has 6 nitrogen and oxygen atoms in total. The smallest absolute Gasteiger partial charge is 0.234 e. The Labute approximate surface area is 139 Å². The van der Waals surface area contributed by atoms with Crippen molar-refractivity contribution in [2.75, 3.05) is 44.2 Å². The number of anilines is 1. The Kier molecular flexibility index (Phi) is 6.33. The van der Waals surface area contributed by atoms with Crippen LogP contribution < -0.4 is 10.2 Å². The van der Waals surface area contributed by atoms with Crippen molar-refractivity contribution in [3.05, 3.63) is 17.6 Å². The lowest BCUT2D eigenvalue weighted by atomic mass is 10.2. The highest BCUT2D eigenvalue weighted by atomic mass is 16.2. The van der Waals surface area contributed by atoms with Crippen LogP contribution in [0.3, 0.4) is 0 Å². The largest absolute Gasteiger partial charge is 0.355 e. The molecule has 0 unspecified atom stereocenters. The third kappa shape index (κ3) is 5.16. The fourth-order valence-electron chi connectivity index (χ4n) is 2.65. The van der Waals surface area contributed by atoms with E-state index in [0.29, 0.717) is 12.5 Å². The average molecular weight is 319 g/mol. The van der Waals surface area contributed by atoms with Crippen LogP contribution in [0.15, 0.2) is 6.07 Å². The molecule has 128 valence electrons. The van der Waals surface area contributed by atoms with E-state index in [1.54, 1.807) is 0 Å². The zero-order chi connectivity index (χ0) is 16.8. The molecule has 0 radical (unpaired) electrons. The first-order chi connectivity index (χ1) is 11.0. The molecule has 1 aromatic heterocycles. The molecule has 1 saturated heterocycles. The predicted molar refractivity (Wildman–Crippen MR) is 92.8 cm³/mol. The van der Waals surface area contributed by atoms with Gasteiger partial charge in [0.2, 0.25) is 5.91 Å². The minimum Gasteiger partial charge on any atom is -0.355 e. The maximum atomic E-state index is 11.8. The van der Waals surface area contributed by atoms with Crippen molar-refractivity contribution in [3.63, 3.8) is 0 Å². The number of aryl methyl sites for hydroxylation is 1. The van der Waals surface area contributed by atoms with Crippen LogP contribution in [0.25, 0.3) is 0 Å². The van der Waals surface area contributed by atoms with Gasteiger partial charge < -0.3 is 10.2 Å². The Hall–Kier alpha value is -1.69. The fourth-order valence-corrected chi connectivity index (χ4v) is 2.65. The van der Waals surface area contributed by atoms with Crippen LogP contribution in [-0.4, -0.2) is 60.0 Å². The number of carbonyl (C=O) groups is 1. The second-order valence-electron chi connectivity index (χ2n) is 6.49. The van der Waals surface area contributed by atoms with Crippen LogP contribution in [-0.2, 0) is 4.79 Å². The lowest BCUT2D eigenvalue weighted by Gasteiger charge is -2.35. The van der Waals surface area contributed by atoms with Gasteiger partial charge in [-0.1, -0.05) is 20.8 Å². The van der Waals surface area contributed by atoms with Crippen LogP contribution in [0.2, 0.25) is 0 Å². The Morgan fingerprint density at radius 2 is 1.96 bits per heavy atom. The Bertz CT molecular complexity index is 524. The number of carbonyl (C=O) groups excluding carboxylic acids is 1. The molecule has 1 aliphatic heterocycles. The van der Waals surface area contributed by atoms with Gasteiger partial charge in [-0.25, -0.2) is 9.97 Å². The van der Waals surface area contributed by atoms with Crippen molar-refractivity contribution in [2.24, 2.45) is 0 Å². The van der Waals surface area contributed by atoms with E-state index in [1.165, 1.54) is 0 Å². The molecular weight excluding hydrogens is 290 g/mol. The predicted octanol–water partition coefficient (Wildman–Crippen LogP) is 1.56. The number of rotatable bonds is 6. The summed E-state index contributed by atoms with van der Waals surface area (Å²) in [6, 6.07) is 2.05. The van der Waals surface area contributed by atoms with E-state index in [-0.39, 0.29) is 5.91 Å². The summed E-state index contributed by atoms with van der Waals surface area (Å²) < 4.78 is 0. The molecule has 1 aliphatic rings. The molecule has 0 saturated carbocycles. The molecule has 0 spiro atoms. The van der Waals surface area contributed by atoms with E-state index < -0.39 is 0 Å². The molecule has 1 fully saturated rings. The second-order valence-corrected chi connectivity index (χ2v) is 6.49. The lowest BCUT2D eigenvalue weighted by Crippen LogP contribution is -2.49. The quantitative estimate of drug-likeness (QED) is 0.862. The van der Waals surface area contributed by atoms with Crippen molar-refractivity contribution < 1.29 is 4.79 Å². The van der Waals surface area contributed by atoms with Gasteiger partial charge in [0.05, 0.1) is 6.54 Å². The average Bonchev–Trinajstić information content (AvgIpc) is 2.53. The number of aromatic nitrogens is 2. The van der Waals surface area contributed by atoms with Crippen LogP contribution >= 0.6 is 0 Å². The Morgan fingerprint density at radius 1 is 1.26 bits per heavy atom. The molecule has 2 rings (SSSR count). The Balaban J connectivity index is 1.90. The zero-order valence-electron chi connectivity index (χ0n) is 14.8. The highest BCUT2D eigenvalue weighted by molar-refractivity contribution is 5.78. The molecular formula is C17H29N5O. The van der Waals surface area contributed by atoms with E-state index in [0.717, 1.165) is 56.5 Å². The van der Waals surface area contributed by atoms with Gasteiger partial charge in [-0.15, -0.1) is 0 Å². The van der Waals surface area contributed by atoms with Gasteiger partial charge in [0.15, 0.2) is 0 Å². The van der Waals surface area contributed by atoms with Crippen LogP contribution in [0.5, 0.6) is 0 Å². The summed E-state index contributed by atoms with van der Waals surface area (Å²) in [6.07, 6.45) is 0.977. The van der Waals surface area contributed by atoms with Gasteiger partial charge in [0, 0.05) is 50.4 Å². The highest BCUT2D eigenvalue weighted by Crippen LogP contribution is 2.18. The van der Waals surface area contributed by atoms with E-state index in [4.69, 9.17) is 4.98 Å². The maximum Gasteiger partial charge on any atom is 0.234 e. The number of piperazine rings is 1. The lowest BCUT2D eigenvalue weighted by molar-refractivity contribution is -0.122. The van der Waals surface area contributed by atoms with Gasteiger partial charge in [-0.05, 0) is 13.3 Å². The standard InChI is InChI=1S/C17H29N5O/c1-5-6-18-16(23)12-21-7-9-22(10-8-21)15-11-14(4)19-17(20-15)13(2)3/h11,13H,5-10,12H2,1-4H3,(H,18,23). The maximum absolute atomic E-state index is 11.8. The van der Waals surface area contributed by atoms with Crippen LogP contribution in [0.1, 0.15) is 44.6 Å². The molecule has 6 heteroatoms. The van der Waals surface area contributed by atoms with Gasteiger partial charge in [-0.2, -0.15) is 0 Å². The van der Waals surface area contributed by atoms with Gasteiger partial charge in [0.25, 0.3) is 0 Å². The molecule has 0 atom stereocenters. The number of nitrogens with zero attached hydrogens (tertiary/aromatic N) is 4. The molecule has 0 aromatic carbocycles. The second kappa shape index (κ2) is 8.24. The zero-order valence-corrected chi connectivity index (χ0v) is 14.8. The van der Waals surface area contributed by atoms with Gasteiger partial charge in [-0.3, -0.25) is 9.69 Å². The SMILES string of the molecule is CCCNC(=O)CN1CCN(c2cc(C)nc(C(C)C)n2)CC1. The first kappa shape index (κ1) is 17.7. The van der Waals surface area contributed by atoms with E-state index in [1.807, 2.05) is 6.92 Å². The number of hydrogen-bond acceptors (Lipinski definition) is 5. The minimum absolute atomic E-state index is 0.125. The molecule has 0 aliphatic carbocycles. The van der Waals surface area contributed by atoms with E-state index >= 15 is 0 Å². The summed E-state index contributed by atoms with van der Waals surface area (Å²) in [5.41, 5.74) is 1.01. The van der Waals surface area contributed by atoms with Crippen LogP contribution in [0.4, 0.5) is 5.82 Å². The van der Waals surface area contributed by atoms with Crippen molar-refractivity contribution >= 4 is 11.7 Å². The van der Waals surface area contributed by atoms with Crippen LogP contribution in [0, 0.1) is 6.92 Å². The third-order valence-corrected chi connectivity index (χ3v) is 4.01. The van der Waals surface area contributed by atoms with Crippen molar-refractivity contribution in [1.29, 1.82) is 0 Å². The topological polar surface area (TPSA) is 61.4 Å². The molecule has 2 heterocycles. The number of nitrogens with one attached hydrogen (secondary N) is 1. The minimum atomic E-state index is 0.125. The summed E-state index contributed by atoms with van der Waals surface area (Å²) in [4.78, 5) is 25.5. The summed E-state index contributed by atoms with van der Waals surface area (Å²) in [5, 5.41) is 2.94. The summed E-state index contributed by atoms with van der Waals surface area (Å²) in [6.45, 7) is 13.1. The van der Waals surface area contributed by atoms with E-state index in [2.05, 4.69) is 46.9 Å². The highest BCUT2D eigenvalue weighted by Gasteiger charge is 2.20. The Morgan fingerprint density at radius 3 is 2.57 bits per heavy atom. The van der Waals surface area contributed by atoms with E-state index in [9.17, 15) is 4.79 Å². The third-order valence-electron chi connectivity index (χ3n) is 4.01. The molecule has 1 N–H and O–H groups in total. The summed E-state index contributed by atoms with van der Waals surface area (Å²) >= 11 is 0. The number of hydrogen-bond donors (Lipinski definition) is 1. The number of amides is 1. The summed E-state index contributed by atoms with van der Waals surface area (Å²) in [7, 11) is 0. The van der Waals surface area contributed by atoms with Crippen molar-refractivity contribution in [3.8, 4) is 0 Å². The van der Waals surface area contributed by atoms with Gasteiger partial charge >= 0.3 is 0 Å². The molecule has 23 heavy (non-hydrogen) atoms. The first-order valence-corrected chi connectivity index (χ1v) is 8.59. The molecule has 1 aromatic rings. The molecule has 0 bridgehead atoms. The molecule has 1 amide bonds. The fraction of sp³-hybridized carbons (Fsp3) is 0.706. The monoisotopic (exact) mass is 319 g/mol. The summed E-state index contributed by atoms with van der Waals surface area (Å²) in [5.74, 6) is 2.37. The van der Waals surface area contributed by atoms with Crippen molar-refractivity contribution in [2.45, 2.75) is 40.0 Å². The normalized spacial score (nSPS) is 16.0.